The predicted octanol–water partition coefficient (Wildman–Crippen LogP) is 3.08. The molecule has 0 amide bonds. The highest BCUT2D eigenvalue weighted by Gasteiger charge is 2.23. The number of ether oxygens (including phenoxy) is 1. The van der Waals surface area contributed by atoms with Crippen molar-refractivity contribution in [3.05, 3.63) is 28.2 Å². The van der Waals surface area contributed by atoms with Crippen LogP contribution < -0.4 is 4.74 Å². The van der Waals surface area contributed by atoms with Crippen LogP contribution in [0.25, 0.3) is 0 Å². The second-order valence-electron chi connectivity index (χ2n) is 3.47. The van der Waals surface area contributed by atoms with Gasteiger partial charge in [-0.1, -0.05) is 22.9 Å². The summed E-state index contributed by atoms with van der Waals surface area (Å²) in [5.41, 5.74) is 0.0484. The lowest BCUT2D eigenvalue weighted by Gasteiger charge is -2.23. The van der Waals surface area contributed by atoms with Crippen molar-refractivity contribution in [1.82, 2.24) is 0 Å². The fourth-order valence-electron chi connectivity index (χ4n) is 1.23. The summed E-state index contributed by atoms with van der Waals surface area (Å²) in [5, 5.41) is 10.1. The fourth-order valence-corrected chi connectivity index (χ4v) is 1.91. The van der Waals surface area contributed by atoms with Gasteiger partial charge >= 0.3 is 0 Å². The summed E-state index contributed by atoms with van der Waals surface area (Å²) >= 11 is 3.42. The maximum atomic E-state index is 10.1. The normalized spacial score (nSPS) is 14.9. The summed E-state index contributed by atoms with van der Waals surface area (Å²) in [4.78, 5) is 0. The molecule has 14 heavy (non-hydrogen) atoms. The number of halogens is 1. The molecule has 0 aliphatic heterocycles. The highest BCUT2D eigenvalue weighted by atomic mass is 79.9. The van der Waals surface area contributed by atoms with E-state index in [0.717, 1.165) is 15.8 Å². The number of hydrogen-bond donors (Lipinski definition) is 1. The Kier molecular flexibility index (Phi) is 3.56. The van der Waals surface area contributed by atoms with Gasteiger partial charge in [0.15, 0.2) is 0 Å². The molecule has 0 saturated carbocycles. The zero-order valence-electron chi connectivity index (χ0n) is 8.67. The van der Waals surface area contributed by atoms with Gasteiger partial charge in [0.05, 0.1) is 12.7 Å². The van der Waals surface area contributed by atoms with Crippen LogP contribution in [0, 0.1) is 0 Å². The van der Waals surface area contributed by atoms with Crippen molar-refractivity contribution < 1.29 is 9.84 Å². The zero-order valence-corrected chi connectivity index (χ0v) is 10.3. The number of rotatable bonds is 3. The van der Waals surface area contributed by atoms with Crippen LogP contribution in [0.3, 0.4) is 0 Å². The molecule has 0 aliphatic carbocycles. The minimum atomic E-state index is -0.812. The molecule has 0 saturated heterocycles. The van der Waals surface area contributed by atoms with E-state index in [9.17, 15) is 5.11 Å². The van der Waals surface area contributed by atoms with E-state index >= 15 is 0 Å². The Balaban J connectivity index is 3.18. The lowest BCUT2D eigenvalue weighted by molar-refractivity contribution is 0.0521. The van der Waals surface area contributed by atoms with Gasteiger partial charge in [0.25, 0.3) is 0 Å². The lowest BCUT2D eigenvalue weighted by Crippen LogP contribution is -2.20. The van der Waals surface area contributed by atoms with Crippen LogP contribution >= 0.6 is 15.9 Å². The molecule has 1 aromatic carbocycles. The molecule has 0 fully saturated rings. The molecular weight excluding hydrogens is 244 g/mol. The van der Waals surface area contributed by atoms with Crippen molar-refractivity contribution >= 4 is 15.9 Å². The van der Waals surface area contributed by atoms with E-state index in [1.807, 2.05) is 25.1 Å². The number of methoxy groups -OCH3 is 1. The summed E-state index contributed by atoms with van der Waals surface area (Å²) in [5.74, 6) is 0.761. The van der Waals surface area contributed by atoms with Crippen LogP contribution in [0.1, 0.15) is 25.8 Å². The van der Waals surface area contributed by atoms with E-state index in [-0.39, 0.29) is 0 Å². The fraction of sp³-hybridized carbons (Fsp3) is 0.455. The Morgan fingerprint density at radius 1 is 1.50 bits per heavy atom. The SMILES string of the molecule is CCC(C)(O)c1cc(OC)ccc1Br. The Morgan fingerprint density at radius 3 is 2.64 bits per heavy atom. The largest absolute Gasteiger partial charge is 0.497 e. The monoisotopic (exact) mass is 258 g/mol. The summed E-state index contributed by atoms with van der Waals surface area (Å²) in [6, 6.07) is 5.60. The van der Waals surface area contributed by atoms with E-state index < -0.39 is 5.60 Å². The first-order valence-corrected chi connectivity index (χ1v) is 5.37. The number of aliphatic hydroxyl groups is 1. The van der Waals surface area contributed by atoms with Gasteiger partial charge in [0.2, 0.25) is 0 Å². The Bertz CT molecular complexity index is 321. The average molecular weight is 259 g/mol. The van der Waals surface area contributed by atoms with Crippen LogP contribution in [0.2, 0.25) is 0 Å². The summed E-state index contributed by atoms with van der Waals surface area (Å²) in [6.07, 6.45) is 0.665. The van der Waals surface area contributed by atoms with E-state index in [2.05, 4.69) is 15.9 Å². The maximum Gasteiger partial charge on any atom is 0.119 e. The molecule has 1 unspecified atom stereocenters. The standard InChI is InChI=1S/C11H15BrO2/c1-4-11(2,13)9-7-8(14-3)5-6-10(9)12/h5-7,13H,4H2,1-3H3. The van der Waals surface area contributed by atoms with Gasteiger partial charge in [-0.25, -0.2) is 0 Å². The molecule has 0 aromatic heterocycles. The summed E-state index contributed by atoms with van der Waals surface area (Å²) in [7, 11) is 1.62. The molecule has 2 nitrogen and oxygen atoms in total. The van der Waals surface area contributed by atoms with Gasteiger partial charge in [-0.3, -0.25) is 0 Å². The predicted molar refractivity (Wildman–Crippen MR) is 60.6 cm³/mol. The van der Waals surface area contributed by atoms with Gasteiger partial charge < -0.3 is 9.84 Å². The smallest absolute Gasteiger partial charge is 0.119 e. The van der Waals surface area contributed by atoms with Gasteiger partial charge in [-0.2, -0.15) is 0 Å². The van der Waals surface area contributed by atoms with Crippen LogP contribution in [0.4, 0.5) is 0 Å². The third-order valence-corrected chi connectivity index (χ3v) is 3.13. The Morgan fingerprint density at radius 2 is 2.14 bits per heavy atom. The first-order chi connectivity index (χ1) is 6.51. The summed E-state index contributed by atoms with van der Waals surface area (Å²) in [6.45, 7) is 3.75. The van der Waals surface area contributed by atoms with Crippen molar-refractivity contribution in [2.24, 2.45) is 0 Å². The van der Waals surface area contributed by atoms with E-state index in [1.165, 1.54) is 0 Å². The van der Waals surface area contributed by atoms with Crippen LogP contribution in [0.5, 0.6) is 5.75 Å². The van der Waals surface area contributed by atoms with Crippen LogP contribution in [-0.2, 0) is 5.60 Å². The second-order valence-corrected chi connectivity index (χ2v) is 4.33. The van der Waals surface area contributed by atoms with Crippen molar-refractivity contribution in [3.8, 4) is 5.75 Å². The molecule has 1 atom stereocenters. The van der Waals surface area contributed by atoms with Crippen LogP contribution in [0.15, 0.2) is 22.7 Å². The van der Waals surface area contributed by atoms with Crippen molar-refractivity contribution in [2.75, 3.05) is 7.11 Å². The highest BCUT2D eigenvalue weighted by molar-refractivity contribution is 9.10. The van der Waals surface area contributed by atoms with Gasteiger partial charge in [-0.05, 0) is 31.5 Å². The number of hydrogen-bond acceptors (Lipinski definition) is 2. The molecule has 1 aromatic rings. The number of benzene rings is 1. The van der Waals surface area contributed by atoms with E-state index in [4.69, 9.17) is 4.74 Å². The summed E-state index contributed by atoms with van der Waals surface area (Å²) < 4.78 is 6.03. The molecule has 0 radical (unpaired) electrons. The minimum absolute atomic E-state index is 0.665. The second kappa shape index (κ2) is 4.32. The first-order valence-electron chi connectivity index (χ1n) is 4.57. The van der Waals surface area contributed by atoms with Gasteiger partial charge in [0, 0.05) is 10.0 Å². The van der Waals surface area contributed by atoms with Gasteiger partial charge in [0.1, 0.15) is 5.75 Å². The minimum Gasteiger partial charge on any atom is -0.497 e. The van der Waals surface area contributed by atoms with Crippen molar-refractivity contribution in [1.29, 1.82) is 0 Å². The van der Waals surface area contributed by atoms with E-state index in [1.54, 1.807) is 14.0 Å². The van der Waals surface area contributed by atoms with E-state index in [0.29, 0.717) is 6.42 Å². The third-order valence-electron chi connectivity index (χ3n) is 2.44. The maximum absolute atomic E-state index is 10.1. The lowest BCUT2D eigenvalue weighted by atomic mass is 9.93. The first kappa shape index (κ1) is 11.5. The molecule has 1 rings (SSSR count). The molecule has 0 bridgehead atoms. The molecule has 0 spiro atoms. The molecular formula is C11H15BrO2. The van der Waals surface area contributed by atoms with Crippen LogP contribution in [-0.4, -0.2) is 12.2 Å². The molecule has 0 aliphatic rings. The third kappa shape index (κ3) is 2.28. The zero-order chi connectivity index (χ0) is 10.8. The average Bonchev–Trinajstić information content (AvgIpc) is 2.18. The topological polar surface area (TPSA) is 29.5 Å². The van der Waals surface area contributed by atoms with Crippen molar-refractivity contribution in [2.45, 2.75) is 25.9 Å². The highest BCUT2D eigenvalue weighted by Crippen LogP contribution is 2.33. The molecule has 78 valence electrons. The molecule has 0 heterocycles. The Labute approximate surface area is 93.0 Å². The molecule has 1 N–H and O–H groups in total. The van der Waals surface area contributed by atoms with Crippen molar-refractivity contribution in [3.63, 3.8) is 0 Å². The quantitative estimate of drug-likeness (QED) is 0.903. The molecule has 3 heteroatoms. The Hall–Kier alpha value is -0.540. The van der Waals surface area contributed by atoms with Gasteiger partial charge in [-0.15, -0.1) is 0 Å².